The van der Waals surface area contributed by atoms with E-state index in [4.69, 9.17) is 0 Å². The third-order valence-electron chi connectivity index (χ3n) is 4.39. The van der Waals surface area contributed by atoms with Gasteiger partial charge >= 0.3 is 0 Å². The number of hydrogen-bond acceptors (Lipinski definition) is 3. The highest BCUT2D eigenvalue weighted by Gasteiger charge is 2.19. The number of phenolic OH excluding ortho intramolecular Hbond substituents is 1. The van der Waals surface area contributed by atoms with Crippen molar-refractivity contribution in [1.82, 2.24) is 15.1 Å². The summed E-state index contributed by atoms with van der Waals surface area (Å²) >= 11 is 0. The lowest BCUT2D eigenvalue weighted by molar-refractivity contribution is 0.0790. The number of rotatable bonds is 5. The summed E-state index contributed by atoms with van der Waals surface area (Å²) < 4.78 is 0. The number of aryl methyl sites for hydroxylation is 1. The van der Waals surface area contributed by atoms with E-state index in [1.807, 2.05) is 25.1 Å². The minimum absolute atomic E-state index is 0.0275. The molecule has 3 rings (SSSR count). The van der Waals surface area contributed by atoms with Crippen LogP contribution in [0.3, 0.4) is 0 Å². The van der Waals surface area contributed by atoms with Crippen LogP contribution in [0.15, 0.2) is 36.4 Å². The predicted molar refractivity (Wildman–Crippen MR) is 99.8 cm³/mol. The zero-order valence-corrected chi connectivity index (χ0v) is 14.8. The van der Waals surface area contributed by atoms with Gasteiger partial charge < -0.3 is 10.0 Å². The topological polar surface area (TPSA) is 69.2 Å². The van der Waals surface area contributed by atoms with Crippen molar-refractivity contribution in [3.05, 3.63) is 47.5 Å². The van der Waals surface area contributed by atoms with Crippen molar-refractivity contribution in [2.75, 3.05) is 13.6 Å². The number of fused-ring (bicyclic) bond motifs is 1. The van der Waals surface area contributed by atoms with Gasteiger partial charge in [0.1, 0.15) is 5.75 Å². The number of aromatic nitrogens is 2. The summed E-state index contributed by atoms with van der Waals surface area (Å²) in [4.78, 5) is 14.3. The summed E-state index contributed by atoms with van der Waals surface area (Å²) in [7, 11) is 1.76. The molecule has 0 spiro atoms. The van der Waals surface area contributed by atoms with Crippen LogP contribution in [0.1, 0.15) is 35.7 Å². The molecule has 2 N–H and O–H groups in total. The van der Waals surface area contributed by atoms with Crippen LogP contribution in [-0.2, 0) is 0 Å². The van der Waals surface area contributed by atoms with E-state index in [-0.39, 0.29) is 11.7 Å². The number of phenols is 1. The van der Waals surface area contributed by atoms with E-state index in [0.29, 0.717) is 17.6 Å². The number of unbranched alkanes of at least 4 members (excludes halogenated alkanes) is 1. The summed E-state index contributed by atoms with van der Waals surface area (Å²) in [6, 6.07) is 11.4. The molecule has 0 aliphatic rings. The third-order valence-corrected chi connectivity index (χ3v) is 4.39. The Kier molecular flexibility index (Phi) is 4.74. The maximum Gasteiger partial charge on any atom is 0.257 e. The summed E-state index contributed by atoms with van der Waals surface area (Å²) in [6.07, 6.45) is 1.95. The Labute approximate surface area is 147 Å². The molecule has 0 radical (unpaired) electrons. The smallest absolute Gasteiger partial charge is 0.257 e. The van der Waals surface area contributed by atoms with E-state index in [9.17, 15) is 9.90 Å². The molecule has 0 bridgehead atoms. The van der Waals surface area contributed by atoms with E-state index < -0.39 is 0 Å². The fourth-order valence-corrected chi connectivity index (χ4v) is 2.94. The largest absolute Gasteiger partial charge is 0.507 e. The molecule has 1 heterocycles. The molecule has 25 heavy (non-hydrogen) atoms. The van der Waals surface area contributed by atoms with Gasteiger partial charge in [0, 0.05) is 30.6 Å². The van der Waals surface area contributed by atoms with Crippen LogP contribution in [0.5, 0.6) is 5.75 Å². The number of hydrogen-bond donors (Lipinski definition) is 2. The number of aromatic hydroxyl groups is 1. The Morgan fingerprint density at radius 1 is 1.28 bits per heavy atom. The highest BCUT2D eigenvalue weighted by atomic mass is 16.3. The number of nitrogens with zero attached hydrogens (tertiary/aromatic N) is 2. The molecule has 0 atom stereocenters. The second-order valence-electron chi connectivity index (χ2n) is 6.44. The van der Waals surface area contributed by atoms with Gasteiger partial charge in [-0.3, -0.25) is 9.89 Å². The lowest BCUT2D eigenvalue weighted by atomic mass is 10.0. The summed E-state index contributed by atoms with van der Waals surface area (Å²) in [5, 5.41) is 18.4. The third kappa shape index (κ3) is 3.36. The van der Waals surface area contributed by atoms with Gasteiger partial charge in [-0.25, -0.2) is 0 Å². The molecule has 0 unspecified atom stereocenters. The van der Waals surface area contributed by atoms with Gasteiger partial charge in [-0.2, -0.15) is 5.10 Å². The van der Waals surface area contributed by atoms with Crippen LogP contribution in [0, 0.1) is 6.92 Å². The molecule has 0 saturated carbocycles. The number of H-pyrrole nitrogens is 1. The maximum atomic E-state index is 12.7. The Bertz CT molecular complexity index is 914. The van der Waals surface area contributed by atoms with Gasteiger partial charge in [0.25, 0.3) is 5.91 Å². The van der Waals surface area contributed by atoms with Gasteiger partial charge in [-0.05, 0) is 25.5 Å². The zero-order valence-electron chi connectivity index (χ0n) is 14.8. The fourth-order valence-electron chi connectivity index (χ4n) is 2.94. The van der Waals surface area contributed by atoms with E-state index in [0.717, 1.165) is 35.0 Å². The van der Waals surface area contributed by atoms with Crippen LogP contribution in [-0.4, -0.2) is 39.7 Å². The molecule has 0 aliphatic heterocycles. The fraction of sp³-hybridized carbons (Fsp3) is 0.300. The first-order valence-electron chi connectivity index (χ1n) is 8.55. The van der Waals surface area contributed by atoms with Crippen molar-refractivity contribution < 1.29 is 9.90 Å². The highest BCUT2D eigenvalue weighted by Crippen LogP contribution is 2.32. The summed E-state index contributed by atoms with van der Waals surface area (Å²) in [6.45, 7) is 4.78. The van der Waals surface area contributed by atoms with E-state index >= 15 is 0 Å². The molecule has 3 aromatic rings. The normalized spacial score (nSPS) is 11.0. The first kappa shape index (κ1) is 17.0. The Hall–Kier alpha value is -2.82. The first-order valence-corrected chi connectivity index (χ1v) is 8.55. The molecular formula is C20H23N3O2. The number of carbonyl (C=O) groups excluding carboxylic acids is 1. The predicted octanol–water partition coefficient (Wildman–Crippen LogP) is 4.12. The van der Waals surface area contributed by atoms with Crippen molar-refractivity contribution in [2.45, 2.75) is 26.7 Å². The van der Waals surface area contributed by atoms with Crippen molar-refractivity contribution in [1.29, 1.82) is 0 Å². The molecule has 5 nitrogen and oxygen atoms in total. The Morgan fingerprint density at radius 3 is 2.80 bits per heavy atom. The van der Waals surface area contributed by atoms with Crippen molar-refractivity contribution in [3.8, 4) is 17.0 Å². The number of amides is 1. The van der Waals surface area contributed by atoms with E-state index in [2.05, 4.69) is 23.2 Å². The molecule has 0 aliphatic carbocycles. The highest BCUT2D eigenvalue weighted by molar-refractivity contribution is 6.03. The van der Waals surface area contributed by atoms with Crippen LogP contribution in [0.4, 0.5) is 0 Å². The van der Waals surface area contributed by atoms with Crippen molar-refractivity contribution in [3.63, 3.8) is 0 Å². The zero-order chi connectivity index (χ0) is 18.0. The molecule has 0 saturated heterocycles. The van der Waals surface area contributed by atoms with Gasteiger partial charge in [0.15, 0.2) is 0 Å². The average molecular weight is 337 g/mol. The molecule has 130 valence electrons. The quantitative estimate of drug-likeness (QED) is 0.736. The monoisotopic (exact) mass is 337 g/mol. The summed E-state index contributed by atoms with van der Waals surface area (Å²) in [5.74, 6) is -0.204. The van der Waals surface area contributed by atoms with Gasteiger partial charge in [-0.15, -0.1) is 0 Å². The second kappa shape index (κ2) is 6.97. The molecule has 2 aromatic carbocycles. The maximum absolute atomic E-state index is 12.7. The van der Waals surface area contributed by atoms with Crippen LogP contribution < -0.4 is 0 Å². The molecule has 0 fully saturated rings. The Balaban J connectivity index is 2.05. The number of carbonyl (C=O) groups is 1. The minimum Gasteiger partial charge on any atom is -0.507 e. The standard InChI is InChI=1S/C20H23N3O2/c1-4-5-9-23(3)20(25)16-11-15-17(12-18(16)24)21-22-19(15)14-8-6-7-13(2)10-14/h6-8,10-12,24H,4-5,9H2,1-3H3,(H,21,22). The molecule has 5 heteroatoms. The average Bonchev–Trinajstić information content (AvgIpc) is 3.00. The van der Waals surface area contributed by atoms with Gasteiger partial charge in [0.2, 0.25) is 0 Å². The minimum atomic E-state index is -0.177. The lowest BCUT2D eigenvalue weighted by Crippen LogP contribution is -2.27. The number of aromatic amines is 1. The van der Waals surface area contributed by atoms with Gasteiger partial charge in [-0.1, -0.05) is 37.1 Å². The van der Waals surface area contributed by atoms with Crippen LogP contribution in [0.2, 0.25) is 0 Å². The van der Waals surface area contributed by atoms with Gasteiger partial charge in [0.05, 0.1) is 16.8 Å². The molecule has 1 amide bonds. The molecular weight excluding hydrogens is 314 g/mol. The Morgan fingerprint density at radius 2 is 2.08 bits per heavy atom. The summed E-state index contributed by atoms with van der Waals surface area (Å²) in [5.41, 5.74) is 3.92. The number of nitrogens with one attached hydrogen (secondary N) is 1. The lowest BCUT2D eigenvalue weighted by Gasteiger charge is -2.17. The van der Waals surface area contributed by atoms with E-state index in [1.165, 1.54) is 0 Å². The van der Waals surface area contributed by atoms with Crippen LogP contribution >= 0.6 is 0 Å². The molecule has 1 aromatic heterocycles. The van der Waals surface area contributed by atoms with Crippen LogP contribution in [0.25, 0.3) is 22.2 Å². The second-order valence-corrected chi connectivity index (χ2v) is 6.44. The first-order chi connectivity index (χ1) is 12.0. The number of benzene rings is 2. The van der Waals surface area contributed by atoms with E-state index in [1.54, 1.807) is 24.1 Å². The SMILES string of the molecule is CCCCN(C)C(=O)c1cc2c(-c3cccc(C)c3)n[nH]c2cc1O. The van der Waals surface area contributed by atoms with Crippen molar-refractivity contribution >= 4 is 16.8 Å². The van der Waals surface area contributed by atoms with Crippen molar-refractivity contribution in [2.24, 2.45) is 0 Å².